The van der Waals surface area contributed by atoms with Gasteiger partial charge in [-0.3, -0.25) is 9.78 Å². The Morgan fingerprint density at radius 3 is 2.64 bits per heavy atom. The van der Waals surface area contributed by atoms with E-state index in [2.05, 4.69) is 10.3 Å². The Bertz CT molecular complexity index is 879. The number of hydrogen-bond acceptors (Lipinski definition) is 4. The summed E-state index contributed by atoms with van der Waals surface area (Å²) >= 11 is 0. The summed E-state index contributed by atoms with van der Waals surface area (Å²) in [5.74, 6) is 0.983. The van der Waals surface area contributed by atoms with Gasteiger partial charge in [-0.05, 0) is 54.4 Å². The van der Waals surface area contributed by atoms with Gasteiger partial charge in [0, 0.05) is 23.6 Å². The molecule has 1 aromatic heterocycles. The maximum Gasteiger partial charge on any atom is 0.255 e. The number of pyridine rings is 1. The number of nitrogens with zero attached hydrogens (tertiary/aromatic N) is 1. The Labute approximate surface area is 145 Å². The molecule has 0 saturated heterocycles. The molecule has 0 spiro atoms. The topological polar surface area (TPSA) is 71.5 Å². The molecule has 0 bridgehead atoms. The van der Waals surface area contributed by atoms with E-state index in [1.165, 1.54) is 0 Å². The van der Waals surface area contributed by atoms with Gasteiger partial charge in [0.25, 0.3) is 5.91 Å². The lowest BCUT2D eigenvalue weighted by atomic mass is 10.1. The Morgan fingerprint density at radius 2 is 1.88 bits per heavy atom. The van der Waals surface area contributed by atoms with Gasteiger partial charge in [0.1, 0.15) is 11.5 Å². The van der Waals surface area contributed by atoms with Gasteiger partial charge in [0.15, 0.2) is 0 Å². The number of rotatable bonds is 5. The molecule has 0 aliphatic rings. The van der Waals surface area contributed by atoms with E-state index in [0.29, 0.717) is 22.7 Å². The third-order valence-electron chi connectivity index (χ3n) is 3.71. The molecule has 2 aromatic carbocycles. The molecule has 0 fully saturated rings. The van der Waals surface area contributed by atoms with Gasteiger partial charge in [-0.2, -0.15) is 0 Å². The Morgan fingerprint density at radius 1 is 1.08 bits per heavy atom. The summed E-state index contributed by atoms with van der Waals surface area (Å²) in [7, 11) is 0. The van der Waals surface area contributed by atoms with Crippen molar-refractivity contribution in [3.8, 4) is 11.5 Å². The molecule has 0 aliphatic carbocycles. The number of benzene rings is 2. The van der Waals surface area contributed by atoms with Crippen LogP contribution in [-0.4, -0.2) is 16.0 Å². The van der Waals surface area contributed by atoms with Crippen LogP contribution in [-0.2, 0) is 6.61 Å². The van der Waals surface area contributed by atoms with Crippen LogP contribution < -0.4 is 10.1 Å². The third kappa shape index (κ3) is 4.22. The first-order valence-corrected chi connectivity index (χ1v) is 7.85. The van der Waals surface area contributed by atoms with Crippen molar-refractivity contribution in [3.05, 3.63) is 83.7 Å². The van der Waals surface area contributed by atoms with Gasteiger partial charge in [-0.25, -0.2) is 0 Å². The van der Waals surface area contributed by atoms with Crippen molar-refractivity contribution in [2.45, 2.75) is 13.5 Å². The Kier molecular flexibility index (Phi) is 5.06. The monoisotopic (exact) mass is 334 g/mol. The standard InChI is InChI=1S/C20H18N2O3/c1-14-5-6-15(13-23)11-19(14)22-20(24)16-3-2-4-18(12-16)25-17-7-9-21-10-8-17/h2-12,23H,13H2,1H3,(H,22,24). The van der Waals surface area contributed by atoms with Crippen molar-refractivity contribution in [1.29, 1.82) is 0 Å². The molecule has 0 saturated carbocycles. The van der Waals surface area contributed by atoms with Crippen LogP contribution in [0.15, 0.2) is 67.0 Å². The maximum atomic E-state index is 12.5. The Hall–Kier alpha value is -3.18. The van der Waals surface area contributed by atoms with Gasteiger partial charge in [-0.1, -0.05) is 18.2 Å². The van der Waals surface area contributed by atoms with E-state index in [9.17, 15) is 9.90 Å². The van der Waals surface area contributed by atoms with Crippen molar-refractivity contribution in [1.82, 2.24) is 4.98 Å². The number of ether oxygens (including phenoxy) is 1. The molecule has 3 aromatic rings. The second-order valence-electron chi connectivity index (χ2n) is 5.57. The van der Waals surface area contributed by atoms with Crippen LogP contribution in [0.3, 0.4) is 0 Å². The van der Waals surface area contributed by atoms with Crippen LogP contribution in [0.1, 0.15) is 21.5 Å². The van der Waals surface area contributed by atoms with E-state index in [0.717, 1.165) is 11.1 Å². The fourth-order valence-corrected chi connectivity index (χ4v) is 2.34. The second-order valence-corrected chi connectivity index (χ2v) is 5.57. The van der Waals surface area contributed by atoms with E-state index >= 15 is 0 Å². The van der Waals surface area contributed by atoms with Crippen LogP contribution >= 0.6 is 0 Å². The second kappa shape index (κ2) is 7.59. The van der Waals surface area contributed by atoms with Gasteiger partial charge >= 0.3 is 0 Å². The molecule has 3 rings (SSSR count). The molecule has 0 radical (unpaired) electrons. The summed E-state index contributed by atoms with van der Waals surface area (Å²) in [6.45, 7) is 1.83. The molecule has 0 unspecified atom stereocenters. The molecule has 25 heavy (non-hydrogen) atoms. The molecule has 1 heterocycles. The molecule has 2 N–H and O–H groups in total. The zero-order chi connectivity index (χ0) is 17.6. The lowest BCUT2D eigenvalue weighted by Crippen LogP contribution is -2.13. The van der Waals surface area contributed by atoms with Crippen LogP contribution in [0.5, 0.6) is 11.5 Å². The molecule has 0 atom stereocenters. The summed E-state index contributed by atoms with van der Waals surface area (Å²) in [6, 6.07) is 15.9. The average molecular weight is 334 g/mol. The summed E-state index contributed by atoms with van der Waals surface area (Å²) in [5, 5.41) is 12.1. The van der Waals surface area contributed by atoms with Gasteiger partial charge < -0.3 is 15.2 Å². The first-order valence-electron chi connectivity index (χ1n) is 7.85. The predicted octanol–water partition coefficient (Wildman–Crippen LogP) is 3.93. The van der Waals surface area contributed by atoms with Crippen molar-refractivity contribution >= 4 is 11.6 Å². The molecule has 0 aliphatic heterocycles. The van der Waals surface area contributed by atoms with Crippen molar-refractivity contribution in [2.24, 2.45) is 0 Å². The highest BCUT2D eigenvalue weighted by Gasteiger charge is 2.10. The van der Waals surface area contributed by atoms with Crippen LogP contribution in [0.4, 0.5) is 5.69 Å². The van der Waals surface area contributed by atoms with Crippen LogP contribution in [0, 0.1) is 6.92 Å². The zero-order valence-electron chi connectivity index (χ0n) is 13.8. The number of aliphatic hydroxyl groups is 1. The first kappa shape index (κ1) is 16.7. The predicted molar refractivity (Wildman–Crippen MR) is 95.8 cm³/mol. The van der Waals surface area contributed by atoms with E-state index in [4.69, 9.17) is 4.74 Å². The minimum Gasteiger partial charge on any atom is -0.457 e. The molecule has 1 amide bonds. The van der Waals surface area contributed by atoms with Gasteiger partial charge in [0.05, 0.1) is 6.61 Å². The summed E-state index contributed by atoms with van der Waals surface area (Å²) in [4.78, 5) is 16.5. The lowest BCUT2D eigenvalue weighted by Gasteiger charge is -2.11. The number of anilines is 1. The number of amides is 1. The van der Waals surface area contributed by atoms with Crippen LogP contribution in [0.25, 0.3) is 0 Å². The molecule has 5 heteroatoms. The number of nitrogens with one attached hydrogen (secondary N) is 1. The minimum atomic E-state index is -0.238. The van der Waals surface area contributed by atoms with Crippen molar-refractivity contribution in [2.75, 3.05) is 5.32 Å². The van der Waals surface area contributed by atoms with Gasteiger partial charge in [0.2, 0.25) is 0 Å². The summed E-state index contributed by atoms with van der Waals surface area (Å²) in [6.07, 6.45) is 3.28. The normalized spacial score (nSPS) is 10.3. The SMILES string of the molecule is Cc1ccc(CO)cc1NC(=O)c1cccc(Oc2ccncc2)c1. The van der Waals surface area contributed by atoms with Crippen molar-refractivity contribution < 1.29 is 14.6 Å². The highest BCUT2D eigenvalue weighted by molar-refractivity contribution is 6.04. The average Bonchev–Trinajstić information content (AvgIpc) is 2.64. The summed E-state index contributed by atoms with van der Waals surface area (Å²) in [5.41, 5.74) is 2.84. The fourth-order valence-electron chi connectivity index (χ4n) is 2.34. The Balaban J connectivity index is 1.78. The quantitative estimate of drug-likeness (QED) is 0.742. The molecule has 126 valence electrons. The number of carbonyl (C=O) groups excluding carboxylic acids is 1. The highest BCUT2D eigenvalue weighted by atomic mass is 16.5. The largest absolute Gasteiger partial charge is 0.457 e. The first-order chi connectivity index (χ1) is 12.2. The zero-order valence-corrected chi connectivity index (χ0v) is 13.8. The number of aromatic nitrogens is 1. The molecular weight excluding hydrogens is 316 g/mol. The fraction of sp³-hybridized carbons (Fsp3) is 0.100. The lowest BCUT2D eigenvalue weighted by molar-refractivity contribution is 0.102. The highest BCUT2D eigenvalue weighted by Crippen LogP contribution is 2.23. The third-order valence-corrected chi connectivity index (χ3v) is 3.71. The van der Waals surface area contributed by atoms with E-state index in [1.54, 1.807) is 54.9 Å². The minimum absolute atomic E-state index is 0.0710. The van der Waals surface area contributed by atoms with E-state index < -0.39 is 0 Å². The van der Waals surface area contributed by atoms with E-state index in [-0.39, 0.29) is 12.5 Å². The number of aryl methyl sites for hydroxylation is 1. The number of carbonyl (C=O) groups is 1. The van der Waals surface area contributed by atoms with Crippen molar-refractivity contribution in [3.63, 3.8) is 0 Å². The summed E-state index contributed by atoms with van der Waals surface area (Å²) < 4.78 is 5.73. The molecular formula is C20H18N2O3. The van der Waals surface area contributed by atoms with Crippen LogP contribution in [0.2, 0.25) is 0 Å². The number of hydrogen-bond donors (Lipinski definition) is 2. The van der Waals surface area contributed by atoms with E-state index in [1.807, 2.05) is 19.1 Å². The maximum absolute atomic E-state index is 12.5. The smallest absolute Gasteiger partial charge is 0.255 e. The molecule has 5 nitrogen and oxygen atoms in total. The van der Waals surface area contributed by atoms with Gasteiger partial charge in [-0.15, -0.1) is 0 Å². The number of aliphatic hydroxyl groups excluding tert-OH is 1.